The standard InChI is InChI=1S/C20H20Cl2F2N2O4S2/c1-9(2)25-19(27)29-15-7-17(11(21)5-13(15)23)31-32-18-8-16(14(24)6-12(18)22)30-20(28)26-10(3)4/h5-10H,1-4H3,(H,25,27)(H,26,28). The van der Waals surface area contributed by atoms with Crippen LogP contribution in [0.3, 0.4) is 0 Å². The molecule has 0 aliphatic carbocycles. The minimum Gasteiger partial charge on any atom is -0.407 e. The van der Waals surface area contributed by atoms with Crippen molar-refractivity contribution in [1.29, 1.82) is 0 Å². The summed E-state index contributed by atoms with van der Waals surface area (Å²) in [5, 5.41) is 5.11. The normalized spacial score (nSPS) is 10.9. The molecule has 0 aliphatic heterocycles. The van der Waals surface area contributed by atoms with Crippen LogP contribution in [-0.4, -0.2) is 24.3 Å². The molecule has 0 aromatic heterocycles. The molecular weight excluding hydrogens is 505 g/mol. The largest absolute Gasteiger partial charge is 0.412 e. The first-order chi connectivity index (χ1) is 15.0. The number of nitrogens with one attached hydrogen (secondary N) is 2. The molecule has 2 N–H and O–H groups in total. The second kappa shape index (κ2) is 11.8. The topological polar surface area (TPSA) is 76.7 Å². The molecule has 6 nitrogen and oxygen atoms in total. The first-order valence-corrected chi connectivity index (χ1v) is 12.2. The van der Waals surface area contributed by atoms with Crippen molar-refractivity contribution in [3.63, 3.8) is 0 Å². The van der Waals surface area contributed by atoms with Crippen molar-refractivity contribution >= 4 is 57.0 Å². The molecule has 0 radical (unpaired) electrons. The van der Waals surface area contributed by atoms with Crippen molar-refractivity contribution in [3.05, 3.63) is 45.9 Å². The molecule has 0 unspecified atom stereocenters. The van der Waals surface area contributed by atoms with Gasteiger partial charge in [0.05, 0.1) is 10.0 Å². The predicted octanol–water partition coefficient (Wildman–Crippen LogP) is 7.06. The van der Waals surface area contributed by atoms with E-state index in [1.54, 1.807) is 27.7 Å². The number of ether oxygens (including phenoxy) is 2. The van der Waals surface area contributed by atoms with Gasteiger partial charge in [0.15, 0.2) is 23.1 Å². The van der Waals surface area contributed by atoms with Crippen LogP contribution in [0.1, 0.15) is 27.7 Å². The van der Waals surface area contributed by atoms with Gasteiger partial charge in [-0.15, -0.1) is 0 Å². The highest BCUT2D eigenvalue weighted by atomic mass is 35.5. The Bertz CT molecular complexity index is 931. The lowest BCUT2D eigenvalue weighted by molar-refractivity contribution is 0.194. The Labute approximate surface area is 202 Å². The van der Waals surface area contributed by atoms with E-state index in [9.17, 15) is 18.4 Å². The number of amides is 2. The van der Waals surface area contributed by atoms with Crippen molar-refractivity contribution in [2.75, 3.05) is 0 Å². The first-order valence-electron chi connectivity index (χ1n) is 9.25. The first kappa shape index (κ1) is 26.4. The number of carbonyl (C=O) groups excluding carboxylic acids is 2. The van der Waals surface area contributed by atoms with Crippen LogP contribution in [0, 0.1) is 11.6 Å². The Morgan fingerprint density at radius 2 is 1.12 bits per heavy atom. The lowest BCUT2D eigenvalue weighted by Gasteiger charge is -2.13. The number of benzene rings is 2. The predicted molar refractivity (Wildman–Crippen MR) is 123 cm³/mol. The Morgan fingerprint density at radius 1 is 0.781 bits per heavy atom. The van der Waals surface area contributed by atoms with E-state index in [1.807, 2.05) is 0 Å². The summed E-state index contributed by atoms with van der Waals surface area (Å²) in [6.07, 6.45) is -1.62. The zero-order chi connectivity index (χ0) is 24.0. The molecule has 0 saturated heterocycles. The average molecular weight is 525 g/mol. The van der Waals surface area contributed by atoms with Crippen LogP contribution in [0.15, 0.2) is 34.1 Å². The smallest absolute Gasteiger partial charge is 0.407 e. The van der Waals surface area contributed by atoms with Gasteiger partial charge in [0.25, 0.3) is 0 Å². The molecule has 0 atom stereocenters. The van der Waals surface area contributed by atoms with Gasteiger partial charge in [0, 0.05) is 21.9 Å². The molecule has 0 saturated carbocycles. The Kier molecular flexibility index (Phi) is 9.75. The highest BCUT2D eigenvalue weighted by molar-refractivity contribution is 8.76. The summed E-state index contributed by atoms with van der Waals surface area (Å²) in [5.74, 6) is -2.24. The molecular formula is C20H20Cl2F2N2O4S2. The molecule has 0 fully saturated rings. The van der Waals surface area contributed by atoms with Crippen LogP contribution >= 0.6 is 44.8 Å². The molecule has 0 bridgehead atoms. The SMILES string of the molecule is CC(C)NC(=O)Oc1cc(SSc2cc(OC(=O)NC(C)C)c(F)cc2Cl)c(Cl)cc1F. The summed E-state index contributed by atoms with van der Waals surface area (Å²) in [7, 11) is 2.13. The third kappa shape index (κ3) is 7.91. The van der Waals surface area contributed by atoms with Gasteiger partial charge in [-0.25, -0.2) is 18.4 Å². The van der Waals surface area contributed by atoms with Crippen molar-refractivity contribution in [2.45, 2.75) is 49.6 Å². The van der Waals surface area contributed by atoms with Crippen molar-refractivity contribution in [2.24, 2.45) is 0 Å². The van der Waals surface area contributed by atoms with Crippen LogP contribution in [0.5, 0.6) is 11.5 Å². The van der Waals surface area contributed by atoms with E-state index in [2.05, 4.69) is 10.6 Å². The Morgan fingerprint density at radius 3 is 1.44 bits per heavy atom. The molecule has 0 heterocycles. The van der Waals surface area contributed by atoms with Crippen LogP contribution in [0.2, 0.25) is 10.0 Å². The number of halogens is 4. The van der Waals surface area contributed by atoms with Gasteiger partial charge in [0.2, 0.25) is 0 Å². The molecule has 2 amide bonds. The molecule has 2 aromatic rings. The van der Waals surface area contributed by atoms with Gasteiger partial charge in [-0.3, -0.25) is 0 Å². The zero-order valence-corrected chi connectivity index (χ0v) is 20.6. The third-order valence-corrected chi connectivity index (χ3v) is 6.71. The maximum absolute atomic E-state index is 14.1. The molecule has 0 spiro atoms. The second-order valence-electron chi connectivity index (χ2n) is 6.97. The average Bonchev–Trinajstić information content (AvgIpc) is 2.64. The van der Waals surface area contributed by atoms with Gasteiger partial charge in [-0.05, 0) is 52.0 Å². The van der Waals surface area contributed by atoms with Crippen molar-refractivity contribution in [3.8, 4) is 11.5 Å². The van der Waals surface area contributed by atoms with Gasteiger partial charge >= 0.3 is 12.2 Å². The fourth-order valence-corrected chi connectivity index (χ4v) is 5.06. The van der Waals surface area contributed by atoms with Crippen molar-refractivity contribution in [1.82, 2.24) is 10.6 Å². The minimum atomic E-state index is -0.812. The number of rotatable bonds is 7. The van der Waals surface area contributed by atoms with E-state index < -0.39 is 23.8 Å². The lowest BCUT2D eigenvalue weighted by Crippen LogP contribution is -2.32. The number of hydrogen-bond acceptors (Lipinski definition) is 6. The monoisotopic (exact) mass is 524 g/mol. The van der Waals surface area contributed by atoms with Crippen LogP contribution in [0.4, 0.5) is 18.4 Å². The third-order valence-electron chi connectivity index (χ3n) is 3.41. The van der Waals surface area contributed by atoms with E-state index in [1.165, 1.54) is 12.1 Å². The van der Waals surface area contributed by atoms with Crippen molar-refractivity contribution < 1.29 is 27.8 Å². The molecule has 32 heavy (non-hydrogen) atoms. The van der Waals surface area contributed by atoms with Gasteiger partial charge < -0.3 is 20.1 Å². The summed E-state index contributed by atoms with van der Waals surface area (Å²) in [6.45, 7) is 6.92. The van der Waals surface area contributed by atoms with Crippen LogP contribution in [-0.2, 0) is 0 Å². The fraction of sp³-hybridized carbons (Fsp3) is 0.300. The molecule has 0 aliphatic rings. The van der Waals surface area contributed by atoms with E-state index in [-0.39, 0.29) is 33.6 Å². The molecule has 2 rings (SSSR count). The summed E-state index contributed by atoms with van der Waals surface area (Å²) in [5.41, 5.74) is 0. The second-order valence-corrected chi connectivity index (χ2v) is 10.00. The fourth-order valence-electron chi connectivity index (χ4n) is 2.12. The molecule has 174 valence electrons. The molecule has 2 aromatic carbocycles. The van der Waals surface area contributed by atoms with Gasteiger partial charge in [0.1, 0.15) is 0 Å². The maximum atomic E-state index is 14.1. The Balaban J connectivity index is 2.18. The summed E-state index contributed by atoms with van der Waals surface area (Å²) in [4.78, 5) is 24.3. The van der Waals surface area contributed by atoms with Crippen LogP contribution in [0.25, 0.3) is 0 Å². The van der Waals surface area contributed by atoms with Gasteiger partial charge in [-0.2, -0.15) is 0 Å². The van der Waals surface area contributed by atoms with E-state index in [4.69, 9.17) is 32.7 Å². The highest BCUT2D eigenvalue weighted by Gasteiger charge is 2.18. The summed E-state index contributed by atoms with van der Waals surface area (Å²) >= 11 is 12.2. The van der Waals surface area contributed by atoms with Gasteiger partial charge in [-0.1, -0.05) is 44.8 Å². The number of carbonyl (C=O) groups is 2. The Hall–Kier alpha value is -1.88. The van der Waals surface area contributed by atoms with E-state index in [0.717, 1.165) is 33.7 Å². The van der Waals surface area contributed by atoms with Crippen LogP contribution < -0.4 is 20.1 Å². The minimum absolute atomic E-state index is 0.0719. The zero-order valence-electron chi connectivity index (χ0n) is 17.4. The highest BCUT2D eigenvalue weighted by Crippen LogP contribution is 2.46. The molecule has 12 heteroatoms. The van der Waals surface area contributed by atoms with E-state index >= 15 is 0 Å². The number of hydrogen-bond donors (Lipinski definition) is 2. The maximum Gasteiger partial charge on any atom is 0.412 e. The lowest BCUT2D eigenvalue weighted by atomic mass is 10.3. The quantitative estimate of drug-likeness (QED) is 0.377. The summed E-state index contributed by atoms with van der Waals surface area (Å²) in [6, 6.07) is 4.17. The van der Waals surface area contributed by atoms with E-state index in [0.29, 0.717) is 9.79 Å². The summed E-state index contributed by atoms with van der Waals surface area (Å²) < 4.78 is 38.3.